The first-order chi connectivity index (χ1) is 12.7. The number of alkyl halides is 6. The Balaban J connectivity index is 2.93. The van der Waals surface area contributed by atoms with E-state index in [2.05, 4.69) is 0 Å². The van der Waals surface area contributed by atoms with E-state index in [9.17, 15) is 36.2 Å². The van der Waals surface area contributed by atoms with Gasteiger partial charge in [-0.15, -0.1) is 0 Å². The standard InChI is InChI=1S/C18H16F6N2O2/c1-9-3-4-11(7-13(9)25)16(17(19,20)21,18(22,23)24)12-5-6-15(28)14(8-12)26-10(2)27/h3-8,28H,25H2,1-2H3,(H,26,27). The lowest BCUT2D eigenvalue weighted by molar-refractivity contribution is -0.288. The van der Waals surface area contributed by atoms with Crippen molar-refractivity contribution in [3.63, 3.8) is 0 Å². The highest BCUT2D eigenvalue weighted by Crippen LogP contribution is 2.57. The van der Waals surface area contributed by atoms with Crippen molar-refractivity contribution in [2.24, 2.45) is 0 Å². The number of nitrogens with one attached hydrogen (secondary N) is 1. The molecule has 4 N–H and O–H groups in total. The fourth-order valence-corrected chi connectivity index (χ4v) is 2.91. The van der Waals surface area contributed by atoms with Crippen molar-refractivity contribution in [2.45, 2.75) is 31.6 Å². The SMILES string of the molecule is CC(=O)Nc1cc(C(c2ccc(C)c(N)c2)(C(F)(F)F)C(F)(F)F)ccc1O. The Hall–Kier alpha value is -2.91. The van der Waals surface area contributed by atoms with Gasteiger partial charge in [0.15, 0.2) is 0 Å². The van der Waals surface area contributed by atoms with E-state index >= 15 is 0 Å². The Morgan fingerprint density at radius 3 is 1.93 bits per heavy atom. The fourth-order valence-electron chi connectivity index (χ4n) is 2.91. The highest BCUT2D eigenvalue weighted by atomic mass is 19.4. The summed E-state index contributed by atoms with van der Waals surface area (Å²) >= 11 is 0. The second-order valence-electron chi connectivity index (χ2n) is 6.23. The molecular weight excluding hydrogens is 390 g/mol. The molecule has 0 saturated carbocycles. The Kier molecular flexibility index (Phi) is 5.28. The van der Waals surface area contributed by atoms with Gasteiger partial charge in [0.25, 0.3) is 0 Å². The molecule has 0 spiro atoms. The van der Waals surface area contributed by atoms with Gasteiger partial charge in [-0.1, -0.05) is 18.2 Å². The minimum atomic E-state index is -5.81. The Morgan fingerprint density at radius 1 is 0.964 bits per heavy atom. The molecule has 0 aliphatic heterocycles. The number of carbonyl (C=O) groups excluding carboxylic acids is 1. The maximum absolute atomic E-state index is 14.1. The molecule has 0 atom stereocenters. The number of aromatic hydroxyl groups is 1. The number of hydrogen-bond acceptors (Lipinski definition) is 3. The van der Waals surface area contributed by atoms with Crippen LogP contribution in [0.15, 0.2) is 36.4 Å². The summed E-state index contributed by atoms with van der Waals surface area (Å²) in [6.07, 6.45) is -11.6. The van der Waals surface area contributed by atoms with Crippen LogP contribution in [0.3, 0.4) is 0 Å². The van der Waals surface area contributed by atoms with Crippen molar-refractivity contribution in [3.05, 3.63) is 53.1 Å². The van der Waals surface area contributed by atoms with Crippen LogP contribution in [-0.2, 0) is 10.2 Å². The summed E-state index contributed by atoms with van der Waals surface area (Å²) in [6.45, 7) is 2.44. The van der Waals surface area contributed by atoms with Crippen LogP contribution < -0.4 is 11.1 Å². The first kappa shape index (κ1) is 21.4. The zero-order valence-electron chi connectivity index (χ0n) is 14.7. The first-order valence-corrected chi connectivity index (χ1v) is 7.83. The van der Waals surface area contributed by atoms with Crippen LogP contribution in [-0.4, -0.2) is 23.4 Å². The minimum Gasteiger partial charge on any atom is -0.506 e. The first-order valence-electron chi connectivity index (χ1n) is 7.83. The van der Waals surface area contributed by atoms with E-state index in [1.165, 1.54) is 6.92 Å². The number of carbonyl (C=O) groups is 1. The van der Waals surface area contributed by atoms with Crippen molar-refractivity contribution < 1.29 is 36.2 Å². The van der Waals surface area contributed by atoms with Gasteiger partial charge in [-0.05, 0) is 41.8 Å². The van der Waals surface area contributed by atoms with Crippen LogP contribution >= 0.6 is 0 Å². The number of amides is 1. The molecule has 0 fully saturated rings. The van der Waals surface area contributed by atoms with E-state index in [0.29, 0.717) is 35.9 Å². The van der Waals surface area contributed by atoms with Gasteiger partial charge in [0.05, 0.1) is 5.69 Å². The van der Waals surface area contributed by atoms with Crippen LogP contribution in [0.5, 0.6) is 5.75 Å². The average Bonchev–Trinajstić information content (AvgIpc) is 2.51. The number of phenols is 1. The maximum Gasteiger partial charge on any atom is 0.411 e. The number of nitrogens with two attached hydrogens (primary N) is 1. The third kappa shape index (κ3) is 3.46. The molecule has 0 unspecified atom stereocenters. The molecule has 0 heterocycles. The van der Waals surface area contributed by atoms with Gasteiger partial charge in [0.2, 0.25) is 11.3 Å². The summed E-state index contributed by atoms with van der Waals surface area (Å²) in [6, 6.07) is 4.01. The van der Waals surface area contributed by atoms with E-state index in [1.54, 1.807) is 0 Å². The van der Waals surface area contributed by atoms with Gasteiger partial charge < -0.3 is 16.2 Å². The minimum absolute atomic E-state index is 0.240. The van der Waals surface area contributed by atoms with Crippen LogP contribution in [0.1, 0.15) is 23.6 Å². The van der Waals surface area contributed by atoms with E-state index < -0.39 is 46.2 Å². The normalized spacial score (nSPS) is 12.7. The van der Waals surface area contributed by atoms with Crippen molar-refractivity contribution in [1.82, 2.24) is 0 Å². The number of halogens is 6. The highest BCUT2D eigenvalue weighted by Gasteiger charge is 2.72. The predicted octanol–water partition coefficient (Wildman–Crippen LogP) is 4.65. The smallest absolute Gasteiger partial charge is 0.411 e. The topological polar surface area (TPSA) is 75.4 Å². The molecule has 2 rings (SSSR count). The van der Waals surface area contributed by atoms with Gasteiger partial charge in [-0.25, -0.2) is 0 Å². The second-order valence-corrected chi connectivity index (χ2v) is 6.23. The molecule has 28 heavy (non-hydrogen) atoms. The van der Waals surface area contributed by atoms with E-state index in [1.807, 2.05) is 5.32 Å². The number of anilines is 2. The number of rotatable bonds is 3. The molecule has 0 saturated heterocycles. The summed E-state index contributed by atoms with van der Waals surface area (Å²) < 4.78 is 84.4. The second kappa shape index (κ2) is 6.92. The summed E-state index contributed by atoms with van der Waals surface area (Å²) in [5, 5.41) is 11.7. The summed E-state index contributed by atoms with van der Waals surface area (Å²) in [7, 11) is 0. The Bertz CT molecular complexity index is 892. The van der Waals surface area contributed by atoms with Crippen molar-refractivity contribution >= 4 is 17.3 Å². The molecule has 4 nitrogen and oxygen atoms in total. The summed E-state index contributed by atoms with van der Waals surface area (Å²) in [5.41, 5.74) is -1.72. The number of phenolic OH excluding ortho intramolecular Hbond substituents is 1. The van der Waals surface area contributed by atoms with E-state index in [-0.39, 0.29) is 5.69 Å². The number of aryl methyl sites for hydroxylation is 1. The average molecular weight is 406 g/mol. The molecule has 0 aromatic heterocycles. The van der Waals surface area contributed by atoms with Crippen LogP contribution in [0.2, 0.25) is 0 Å². The molecule has 0 bridgehead atoms. The van der Waals surface area contributed by atoms with Crippen LogP contribution in [0, 0.1) is 6.92 Å². The van der Waals surface area contributed by atoms with Gasteiger partial charge >= 0.3 is 12.4 Å². The van der Waals surface area contributed by atoms with E-state index in [4.69, 9.17) is 5.73 Å². The third-order valence-corrected chi connectivity index (χ3v) is 4.30. The van der Waals surface area contributed by atoms with Crippen LogP contribution in [0.25, 0.3) is 0 Å². The molecule has 0 aliphatic carbocycles. The molecule has 10 heteroatoms. The molecule has 152 valence electrons. The number of hydrogen-bond donors (Lipinski definition) is 3. The quantitative estimate of drug-likeness (QED) is 0.395. The molecule has 1 amide bonds. The predicted molar refractivity (Wildman–Crippen MR) is 90.9 cm³/mol. The zero-order chi connectivity index (χ0) is 21.5. The van der Waals surface area contributed by atoms with Crippen molar-refractivity contribution in [1.29, 1.82) is 0 Å². The van der Waals surface area contributed by atoms with Gasteiger partial charge in [0, 0.05) is 12.6 Å². The van der Waals surface area contributed by atoms with Crippen LogP contribution in [0.4, 0.5) is 37.7 Å². The molecule has 0 radical (unpaired) electrons. The third-order valence-electron chi connectivity index (χ3n) is 4.30. The molecule has 2 aromatic carbocycles. The largest absolute Gasteiger partial charge is 0.506 e. The van der Waals surface area contributed by atoms with Gasteiger partial charge in [-0.3, -0.25) is 4.79 Å². The molecule has 2 aromatic rings. The highest BCUT2D eigenvalue weighted by molar-refractivity contribution is 5.90. The Morgan fingerprint density at radius 2 is 1.46 bits per heavy atom. The van der Waals surface area contributed by atoms with Crippen molar-refractivity contribution in [3.8, 4) is 5.75 Å². The maximum atomic E-state index is 14.1. The molecular formula is C18H16F6N2O2. The lowest BCUT2D eigenvalue weighted by Gasteiger charge is -2.38. The fraction of sp³-hybridized carbons (Fsp3) is 0.278. The van der Waals surface area contributed by atoms with Gasteiger partial charge in [-0.2, -0.15) is 26.3 Å². The zero-order valence-corrected chi connectivity index (χ0v) is 14.7. The monoisotopic (exact) mass is 406 g/mol. The van der Waals surface area contributed by atoms with Gasteiger partial charge in [0.1, 0.15) is 5.75 Å². The van der Waals surface area contributed by atoms with Crippen molar-refractivity contribution in [2.75, 3.05) is 11.1 Å². The Labute approximate surface area is 156 Å². The lowest BCUT2D eigenvalue weighted by atomic mass is 9.72. The summed E-state index contributed by atoms with van der Waals surface area (Å²) in [4.78, 5) is 11.2. The molecule has 0 aliphatic rings. The number of nitrogen functional groups attached to an aromatic ring is 1. The lowest BCUT2D eigenvalue weighted by Crippen LogP contribution is -2.54. The summed E-state index contributed by atoms with van der Waals surface area (Å²) in [5.74, 6) is -1.46. The number of benzene rings is 2. The van der Waals surface area contributed by atoms with E-state index in [0.717, 1.165) is 13.0 Å².